The molecule has 6 heteroatoms. The zero-order chi connectivity index (χ0) is 14.5. The maximum atomic E-state index is 11.5. The number of ketones is 2. The first-order valence-corrected chi connectivity index (χ1v) is 8.67. The molecule has 0 spiro atoms. The molecule has 1 aliphatic rings. The molecule has 4 nitrogen and oxygen atoms in total. The van der Waals surface area contributed by atoms with E-state index in [0.717, 1.165) is 5.75 Å². The van der Waals surface area contributed by atoms with Gasteiger partial charge in [0.05, 0.1) is 0 Å². The van der Waals surface area contributed by atoms with Gasteiger partial charge in [0.2, 0.25) is 6.10 Å². The summed E-state index contributed by atoms with van der Waals surface area (Å²) in [6.45, 7) is 6.41. The van der Waals surface area contributed by atoms with Crippen LogP contribution in [-0.4, -0.2) is 34.1 Å². The minimum absolute atomic E-state index is 0.202. The number of esters is 1. The van der Waals surface area contributed by atoms with Crippen molar-refractivity contribution in [2.45, 2.75) is 57.3 Å². The van der Waals surface area contributed by atoms with Crippen LogP contribution >= 0.6 is 21.6 Å². The van der Waals surface area contributed by atoms with Crippen molar-refractivity contribution >= 4 is 39.1 Å². The highest BCUT2D eigenvalue weighted by Gasteiger charge is 2.35. The van der Waals surface area contributed by atoms with E-state index in [4.69, 9.17) is 4.74 Å². The predicted octanol–water partition coefficient (Wildman–Crippen LogP) is 2.79. The monoisotopic (exact) mass is 304 g/mol. The van der Waals surface area contributed by atoms with Crippen molar-refractivity contribution in [1.29, 1.82) is 0 Å². The Labute approximate surface area is 121 Å². The molecular formula is C13H20O4S2. The Balaban J connectivity index is 2.15. The van der Waals surface area contributed by atoms with Crippen LogP contribution in [0.3, 0.4) is 0 Å². The lowest BCUT2D eigenvalue weighted by atomic mass is 10.2. The van der Waals surface area contributed by atoms with Crippen molar-refractivity contribution in [2.75, 3.05) is 5.75 Å². The third kappa shape index (κ3) is 6.47. The van der Waals surface area contributed by atoms with Crippen LogP contribution in [0.15, 0.2) is 0 Å². The minimum Gasteiger partial charge on any atom is -0.446 e. The molecular weight excluding hydrogens is 284 g/mol. The summed E-state index contributed by atoms with van der Waals surface area (Å²) in [6, 6.07) is 0. The van der Waals surface area contributed by atoms with Crippen LogP contribution < -0.4 is 0 Å². The van der Waals surface area contributed by atoms with Gasteiger partial charge in [-0.1, -0.05) is 42.4 Å². The fourth-order valence-electron chi connectivity index (χ4n) is 1.50. The molecule has 0 aromatic heterocycles. The van der Waals surface area contributed by atoms with Crippen LogP contribution in [-0.2, 0) is 19.1 Å². The molecule has 0 aromatic rings. The fourth-order valence-corrected chi connectivity index (χ4v) is 3.87. The zero-order valence-corrected chi connectivity index (χ0v) is 13.2. The van der Waals surface area contributed by atoms with Crippen LogP contribution in [0, 0.1) is 0 Å². The summed E-state index contributed by atoms with van der Waals surface area (Å²) < 4.78 is 5.13. The van der Waals surface area contributed by atoms with E-state index < -0.39 is 12.1 Å². The number of rotatable bonds is 6. The first-order chi connectivity index (χ1) is 8.79. The van der Waals surface area contributed by atoms with Gasteiger partial charge in [-0.05, 0) is 6.42 Å². The highest BCUT2D eigenvalue weighted by atomic mass is 33.1. The van der Waals surface area contributed by atoms with Crippen molar-refractivity contribution in [3.63, 3.8) is 0 Å². The van der Waals surface area contributed by atoms with E-state index in [0.29, 0.717) is 6.42 Å². The molecule has 0 saturated heterocycles. The molecule has 1 fully saturated rings. The summed E-state index contributed by atoms with van der Waals surface area (Å²) in [5.41, 5.74) is 0. The molecule has 1 rings (SSSR count). The number of hydrogen-bond acceptors (Lipinski definition) is 6. The molecule has 0 radical (unpaired) electrons. The quantitative estimate of drug-likeness (QED) is 0.325. The van der Waals surface area contributed by atoms with E-state index in [2.05, 4.69) is 20.8 Å². The first-order valence-electron chi connectivity index (χ1n) is 6.35. The van der Waals surface area contributed by atoms with Crippen molar-refractivity contribution in [3.8, 4) is 0 Å². The molecule has 108 valence electrons. The molecule has 1 saturated carbocycles. The second-order valence-corrected chi connectivity index (χ2v) is 8.67. The molecule has 0 amide bonds. The average Bonchev–Trinajstić information content (AvgIpc) is 2.59. The van der Waals surface area contributed by atoms with Gasteiger partial charge >= 0.3 is 5.97 Å². The topological polar surface area (TPSA) is 60.4 Å². The largest absolute Gasteiger partial charge is 0.446 e. The van der Waals surface area contributed by atoms with E-state index in [9.17, 15) is 14.4 Å². The highest BCUT2D eigenvalue weighted by Crippen LogP contribution is 2.35. The van der Waals surface area contributed by atoms with Crippen LogP contribution in [0.4, 0.5) is 0 Å². The number of carbonyl (C=O) groups excluding carboxylic acids is 3. The van der Waals surface area contributed by atoms with Gasteiger partial charge in [0.15, 0.2) is 11.6 Å². The van der Waals surface area contributed by atoms with Crippen LogP contribution in [0.25, 0.3) is 0 Å². The molecule has 0 heterocycles. The van der Waals surface area contributed by atoms with E-state index in [1.807, 2.05) is 0 Å². The average molecular weight is 304 g/mol. The van der Waals surface area contributed by atoms with Crippen LogP contribution in [0.2, 0.25) is 0 Å². The number of Topliss-reactive ketones (excluding diaryl/α,β-unsaturated/α-hetero) is 2. The minimum atomic E-state index is -1.12. The molecule has 19 heavy (non-hydrogen) atoms. The van der Waals surface area contributed by atoms with Crippen LogP contribution in [0.1, 0.15) is 46.5 Å². The molecule has 0 bridgehead atoms. The Morgan fingerprint density at radius 3 is 2.37 bits per heavy atom. The Bertz CT molecular complexity index is 344. The maximum absolute atomic E-state index is 11.5. The van der Waals surface area contributed by atoms with Gasteiger partial charge in [0, 0.05) is 29.8 Å². The second kappa shape index (κ2) is 7.33. The number of ether oxygens (including phenoxy) is 1. The molecule has 0 unspecified atom stereocenters. The first kappa shape index (κ1) is 16.6. The number of hydrogen-bond donors (Lipinski definition) is 0. The normalized spacial score (nSPS) is 17.0. The van der Waals surface area contributed by atoms with E-state index in [1.54, 1.807) is 21.6 Å². The standard InChI is InChI=1S/C13H20O4S2/c1-13(2,3)19-18-8-4-5-11(16)17-12-9(14)6-7-10(12)15/h12H,4-8H2,1-3H3. The molecule has 0 aromatic carbocycles. The summed E-state index contributed by atoms with van der Waals surface area (Å²) >= 11 is 0. The van der Waals surface area contributed by atoms with Crippen molar-refractivity contribution in [1.82, 2.24) is 0 Å². The van der Waals surface area contributed by atoms with Crippen molar-refractivity contribution in [3.05, 3.63) is 0 Å². The van der Waals surface area contributed by atoms with Gasteiger partial charge < -0.3 is 4.74 Å². The van der Waals surface area contributed by atoms with Gasteiger partial charge in [-0.25, -0.2) is 0 Å². The summed E-state index contributed by atoms with van der Waals surface area (Å²) in [7, 11) is 3.50. The van der Waals surface area contributed by atoms with E-state index in [1.165, 1.54) is 0 Å². The fraction of sp³-hybridized carbons (Fsp3) is 0.769. The molecule has 0 atom stereocenters. The lowest BCUT2D eigenvalue weighted by Gasteiger charge is -2.16. The Morgan fingerprint density at radius 2 is 1.84 bits per heavy atom. The summed E-state index contributed by atoms with van der Waals surface area (Å²) in [6.07, 6.45) is 0.240. The lowest BCUT2D eigenvalue weighted by molar-refractivity contribution is -0.157. The van der Waals surface area contributed by atoms with E-state index >= 15 is 0 Å². The third-order valence-electron chi connectivity index (χ3n) is 2.37. The van der Waals surface area contributed by atoms with Crippen molar-refractivity contribution in [2.24, 2.45) is 0 Å². The summed E-state index contributed by atoms with van der Waals surface area (Å²) in [5.74, 6) is -0.133. The smallest absolute Gasteiger partial charge is 0.306 e. The SMILES string of the molecule is CC(C)(C)SSCCCC(=O)OC1C(=O)CCC1=O. The van der Waals surface area contributed by atoms with Crippen LogP contribution in [0.5, 0.6) is 0 Å². The second-order valence-electron chi connectivity index (χ2n) is 5.42. The Kier molecular flexibility index (Phi) is 6.39. The van der Waals surface area contributed by atoms with Gasteiger partial charge in [-0.3, -0.25) is 14.4 Å². The van der Waals surface area contributed by atoms with Gasteiger partial charge in [0.25, 0.3) is 0 Å². The van der Waals surface area contributed by atoms with Gasteiger partial charge in [-0.15, -0.1) is 0 Å². The molecule has 0 N–H and O–H groups in total. The van der Waals surface area contributed by atoms with E-state index in [-0.39, 0.29) is 35.6 Å². The zero-order valence-electron chi connectivity index (χ0n) is 11.6. The highest BCUT2D eigenvalue weighted by molar-refractivity contribution is 8.77. The Morgan fingerprint density at radius 1 is 1.26 bits per heavy atom. The lowest BCUT2D eigenvalue weighted by Crippen LogP contribution is -2.28. The van der Waals surface area contributed by atoms with Gasteiger partial charge in [-0.2, -0.15) is 0 Å². The Hall–Kier alpha value is -0.490. The third-order valence-corrected chi connectivity index (χ3v) is 5.80. The summed E-state index contributed by atoms with van der Waals surface area (Å²) in [5, 5.41) is 0. The maximum Gasteiger partial charge on any atom is 0.306 e. The van der Waals surface area contributed by atoms with Gasteiger partial charge in [0.1, 0.15) is 0 Å². The molecule has 1 aliphatic carbocycles. The van der Waals surface area contributed by atoms with Crippen molar-refractivity contribution < 1.29 is 19.1 Å². The summed E-state index contributed by atoms with van der Waals surface area (Å²) in [4.78, 5) is 34.1. The molecule has 0 aliphatic heterocycles. The predicted molar refractivity (Wildman–Crippen MR) is 78.2 cm³/mol. The number of carbonyl (C=O) groups is 3.